The molecule has 2 fully saturated rings. The zero-order valence-electron chi connectivity index (χ0n) is 12.8. The van der Waals surface area contributed by atoms with E-state index in [0.29, 0.717) is 6.04 Å². The summed E-state index contributed by atoms with van der Waals surface area (Å²) in [6.45, 7) is 12.1. The molecule has 1 saturated carbocycles. The van der Waals surface area contributed by atoms with E-state index in [9.17, 15) is 0 Å². The lowest BCUT2D eigenvalue weighted by Crippen LogP contribution is -2.62. The lowest BCUT2D eigenvalue weighted by Gasteiger charge is -2.50. The monoisotopic (exact) mass is 252 g/mol. The number of nitrogens with one attached hydrogen (secondary N) is 1. The standard InChI is InChI=1S/C16H32N2/c1-5-14-11-18(15(6-2)10-17-14)16-12(3)8-7-9-13(16)4/h12-17H,5-11H2,1-4H3. The van der Waals surface area contributed by atoms with E-state index in [4.69, 9.17) is 0 Å². The zero-order valence-corrected chi connectivity index (χ0v) is 12.8. The van der Waals surface area contributed by atoms with Crippen molar-refractivity contribution in [3.05, 3.63) is 0 Å². The molecular formula is C16H32N2. The Labute approximate surface area is 114 Å². The van der Waals surface area contributed by atoms with Crippen molar-refractivity contribution in [3.63, 3.8) is 0 Å². The van der Waals surface area contributed by atoms with E-state index >= 15 is 0 Å². The van der Waals surface area contributed by atoms with Gasteiger partial charge in [-0.2, -0.15) is 0 Å². The van der Waals surface area contributed by atoms with Gasteiger partial charge in [-0.1, -0.05) is 34.1 Å². The molecule has 1 aliphatic carbocycles. The zero-order chi connectivity index (χ0) is 13.1. The summed E-state index contributed by atoms with van der Waals surface area (Å²) in [7, 11) is 0. The Morgan fingerprint density at radius 3 is 2.28 bits per heavy atom. The maximum atomic E-state index is 3.73. The highest BCUT2D eigenvalue weighted by molar-refractivity contribution is 4.94. The minimum Gasteiger partial charge on any atom is -0.311 e. The first-order valence-electron chi connectivity index (χ1n) is 8.16. The van der Waals surface area contributed by atoms with Crippen molar-refractivity contribution in [2.75, 3.05) is 13.1 Å². The summed E-state index contributed by atoms with van der Waals surface area (Å²) in [6.07, 6.45) is 6.87. The first-order chi connectivity index (χ1) is 8.67. The molecule has 1 N–H and O–H groups in total. The Morgan fingerprint density at radius 2 is 1.72 bits per heavy atom. The van der Waals surface area contributed by atoms with Crippen molar-refractivity contribution in [2.24, 2.45) is 11.8 Å². The van der Waals surface area contributed by atoms with Crippen molar-refractivity contribution < 1.29 is 0 Å². The first-order valence-corrected chi connectivity index (χ1v) is 8.16. The van der Waals surface area contributed by atoms with Crippen LogP contribution in [0, 0.1) is 11.8 Å². The lowest BCUT2D eigenvalue weighted by molar-refractivity contribution is 0.00552. The molecule has 2 aliphatic rings. The Hall–Kier alpha value is -0.0800. The molecule has 2 heteroatoms. The molecule has 0 aromatic heterocycles. The second-order valence-electron chi connectivity index (χ2n) is 6.65. The van der Waals surface area contributed by atoms with Gasteiger partial charge in [-0.05, 0) is 37.5 Å². The van der Waals surface area contributed by atoms with E-state index in [2.05, 4.69) is 37.9 Å². The molecule has 2 nitrogen and oxygen atoms in total. The van der Waals surface area contributed by atoms with E-state index in [1.165, 1.54) is 45.2 Å². The van der Waals surface area contributed by atoms with E-state index < -0.39 is 0 Å². The predicted octanol–water partition coefficient (Wildman–Crippen LogP) is 3.27. The molecule has 0 bridgehead atoms. The third-order valence-electron chi connectivity index (χ3n) is 5.37. The van der Waals surface area contributed by atoms with Crippen molar-refractivity contribution in [1.82, 2.24) is 10.2 Å². The smallest absolute Gasteiger partial charge is 0.0221 e. The average Bonchev–Trinajstić information content (AvgIpc) is 2.38. The number of hydrogen-bond acceptors (Lipinski definition) is 2. The third-order valence-corrected chi connectivity index (χ3v) is 5.37. The largest absolute Gasteiger partial charge is 0.311 e. The molecule has 0 amide bonds. The van der Waals surface area contributed by atoms with E-state index in [0.717, 1.165) is 23.9 Å². The molecule has 2 rings (SSSR count). The van der Waals surface area contributed by atoms with Crippen LogP contribution in [0.3, 0.4) is 0 Å². The quantitative estimate of drug-likeness (QED) is 0.829. The van der Waals surface area contributed by atoms with Crippen LogP contribution >= 0.6 is 0 Å². The summed E-state index contributed by atoms with van der Waals surface area (Å²) in [5, 5.41) is 3.73. The van der Waals surface area contributed by atoms with Crippen LogP contribution in [0.4, 0.5) is 0 Å². The molecular weight excluding hydrogens is 220 g/mol. The Balaban J connectivity index is 2.10. The van der Waals surface area contributed by atoms with Crippen molar-refractivity contribution in [2.45, 2.75) is 77.9 Å². The second kappa shape index (κ2) is 6.38. The molecule has 0 aromatic carbocycles. The van der Waals surface area contributed by atoms with Crippen molar-refractivity contribution in [1.29, 1.82) is 0 Å². The molecule has 106 valence electrons. The van der Waals surface area contributed by atoms with Gasteiger partial charge >= 0.3 is 0 Å². The summed E-state index contributed by atoms with van der Waals surface area (Å²) >= 11 is 0. The number of hydrogen-bond donors (Lipinski definition) is 1. The topological polar surface area (TPSA) is 15.3 Å². The fourth-order valence-corrected chi connectivity index (χ4v) is 4.22. The van der Waals surface area contributed by atoms with Gasteiger partial charge in [0.2, 0.25) is 0 Å². The van der Waals surface area contributed by atoms with Gasteiger partial charge in [0, 0.05) is 31.2 Å². The van der Waals surface area contributed by atoms with Gasteiger partial charge < -0.3 is 5.32 Å². The van der Waals surface area contributed by atoms with Gasteiger partial charge in [-0.25, -0.2) is 0 Å². The van der Waals surface area contributed by atoms with Gasteiger partial charge in [0.25, 0.3) is 0 Å². The minimum absolute atomic E-state index is 0.717. The van der Waals surface area contributed by atoms with E-state index in [1.54, 1.807) is 0 Å². The summed E-state index contributed by atoms with van der Waals surface area (Å²) in [4.78, 5) is 2.87. The Morgan fingerprint density at radius 1 is 1.06 bits per heavy atom. The van der Waals surface area contributed by atoms with Crippen molar-refractivity contribution in [3.8, 4) is 0 Å². The summed E-state index contributed by atoms with van der Waals surface area (Å²) in [5.74, 6) is 1.77. The maximum Gasteiger partial charge on any atom is 0.0221 e. The van der Waals surface area contributed by atoms with Crippen LogP contribution in [0.1, 0.15) is 59.8 Å². The van der Waals surface area contributed by atoms with Gasteiger partial charge in [0.05, 0.1) is 0 Å². The van der Waals surface area contributed by atoms with Gasteiger partial charge in [-0.3, -0.25) is 4.90 Å². The van der Waals surface area contributed by atoms with Gasteiger partial charge in [0.15, 0.2) is 0 Å². The van der Waals surface area contributed by atoms with Gasteiger partial charge in [-0.15, -0.1) is 0 Å². The van der Waals surface area contributed by atoms with Crippen LogP contribution in [-0.4, -0.2) is 36.1 Å². The highest BCUT2D eigenvalue weighted by atomic mass is 15.3. The molecule has 0 aromatic rings. The molecule has 1 heterocycles. The van der Waals surface area contributed by atoms with Crippen LogP contribution in [-0.2, 0) is 0 Å². The predicted molar refractivity (Wildman–Crippen MR) is 78.8 cm³/mol. The highest BCUT2D eigenvalue weighted by Crippen LogP contribution is 2.35. The summed E-state index contributed by atoms with van der Waals surface area (Å²) < 4.78 is 0. The number of nitrogens with zero attached hydrogens (tertiary/aromatic N) is 1. The van der Waals surface area contributed by atoms with E-state index in [-0.39, 0.29) is 0 Å². The number of rotatable bonds is 3. The van der Waals surface area contributed by atoms with Crippen LogP contribution < -0.4 is 5.32 Å². The molecule has 4 unspecified atom stereocenters. The molecule has 1 aliphatic heterocycles. The fourth-order valence-electron chi connectivity index (χ4n) is 4.22. The number of piperazine rings is 1. The molecule has 4 atom stereocenters. The summed E-state index contributed by atoms with van der Waals surface area (Å²) in [5.41, 5.74) is 0. The van der Waals surface area contributed by atoms with Crippen LogP contribution in [0.15, 0.2) is 0 Å². The Bertz CT molecular complexity index is 243. The lowest BCUT2D eigenvalue weighted by atomic mass is 9.76. The highest BCUT2D eigenvalue weighted by Gasteiger charge is 2.38. The normalized spacial score (nSPS) is 43.0. The van der Waals surface area contributed by atoms with Gasteiger partial charge in [0.1, 0.15) is 0 Å². The molecule has 1 saturated heterocycles. The van der Waals surface area contributed by atoms with E-state index in [1.807, 2.05) is 0 Å². The fraction of sp³-hybridized carbons (Fsp3) is 1.00. The first kappa shape index (κ1) is 14.3. The molecule has 18 heavy (non-hydrogen) atoms. The summed E-state index contributed by atoms with van der Waals surface area (Å²) in [6, 6.07) is 2.31. The third kappa shape index (κ3) is 2.91. The average molecular weight is 252 g/mol. The van der Waals surface area contributed by atoms with Crippen LogP contribution in [0.5, 0.6) is 0 Å². The Kier molecular flexibility index (Phi) is 5.08. The molecule has 0 radical (unpaired) electrons. The molecule has 0 spiro atoms. The second-order valence-corrected chi connectivity index (χ2v) is 6.65. The SMILES string of the molecule is CCC1CN(C2C(C)CCCC2C)C(CC)CN1. The van der Waals surface area contributed by atoms with Crippen LogP contribution in [0.25, 0.3) is 0 Å². The maximum absolute atomic E-state index is 3.73. The van der Waals surface area contributed by atoms with Crippen LogP contribution in [0.2, 0.25) is 0 Å². The minimum atomic E-state index is 0.717. The van der Waals surface area contributed by atoms with Crippen molar-refractivity contribution >= 4 is 0 Å².